The van der Waals surface area contributed by atoms with Gasteiger partial charge < -0.3 is 24.3 Å². The number of nitrogens with one attached hydrogen (secondary N) is 1. The molecule has 1 N–H and O–H groups in total. The van der Waals surface area contributed by atoms with E-state index in [-0.39, 0.29) is 23.6 Å². The lowest BCUT2D eigenvalue weighted by Crippen LogP contribution is -2.54. The third-order valence-electron chi connectivity index (χ3n) is 5.99. The summed E-state index contributed by atoms with van der Waals surface area (Å²) in [5.74, 6) is 0.254. The lowest BCUT2D eigenvalue weighted by Gasteiger charge is -2.37. The van der Waals surface area contributed by atoms with Gasteiger partial charge >= 0.3 is 0 Å². The average Bonchev–Trinajstić information content (AvgIpc) is 3.38. The second-order valence-electron chi connectivity index (χ2n) is 7.80. The van der Waals surface area contributed by atoms with Gasteiger partial charge in [0.1, 0.15) is 11.8 Å². The molecule has 2 aromatic rings. The van der Waals surface area contributed by atoms with Crippen LogP contribution in [0.25, 0.3) is 0 Å². The first-order valence-electron chi connectivity index (χ1n) is 11.0. The van der Waals surface area contributed by atoms with Crippen LogP contribution in [0.15, 0.2) is 47.1 Å². The number of likely N-dealkylation sites (tertiary alicyclic amines) is 1. The van der Waals surface area contributed by atoms with Gasteiger partial charge in [-0.3, -0.25) is 14.4 Å². The predicted molar refractivity (Wildman–Crippen MR) is 120 cm³/mol. The zero-order chi connectivity index (χ0) is 23.1. The summed E-state index contributed by atoms with van der Waals surface area (Å²) in [4.78, 5) is 42.3. The van der Waals surface area contributed by atoms with E-state index in [4.69, 9.17) is 9.15 Å². The Morgan fingerprint density at radius 3 is 2.47 bits per heavy atom. The van der Waals surface area contributed by atoms with E-state index >= 15 is 0 Å². The highest BCUT2D eigenvalue weighted by Crippen LogP contribution is 2.24. The highest BCUT2D eigenvalue weighted by molar-refractivity contribution is 5.98. The predicted octanol–water partition coefficient (Wildman–Crippen LogP) is 2.81. The third-order valence-corrected chi connectivity index (χ3v) is 5.99. The molecule has 2 heterocycles. The first kappa shape index (κ1) is 23.4. The number of methoxy groups -OCH3 is 1. The van der Waals surface area contributed by atoms with E-state index in [1.807, 2.05) is 13.8 Å². The second-order valence-corrected chi connectivity index (χ2v) is 7.80. The lowest BCUT2D eigenvalue weighted by molar-refractivity contribution is -0.134. The Morgan fingerprint density at radius 1 is 1.16 bits per heavy atom. The summed E-state index contributed by atoms with van der Waals surface area (Å²) in [6.07, 6.45) is 2.71. The van der Waals surface area contributed by atoms with Crippen LogP contribution < -0.4 is 10.1 Å². The van der Waals surface area contributed by atoms with Gasteiger partial charge in [-0.2, -0.15) is 0 Å². The van der Waals surface area contributed by atoms with E-state index in [0.29, 0.717) is 56.1 Å². The van der Waals surface area contributed by atoms with Crippen molar-refractivity contribution in [2.75, 3.05) is 33.3 Å². The monoisotopic (exact) mass is 441 g/mol. The van der Waals surface area contributed by atoms with Crippen LogP contribution in [0.4, 0.5) is 0 Å². The van der Waals surface area contributed by atoms with Crippen molar-refractivity contribution in [2.24, 2.45) is 5.92 Å². The van der Waals surface area contributed by atoms with Gasteiger partial charge in [0.15, 0.2) is 5.76 Å². The third kappa shape index (κ3) is 5.30. The second kappa shape index (κ2) is 10.8. The maximum atomic E-state index is 13.3. The maximum Gasteiger partial charge on any atom is 0.289 e. The summed E-state index contributed by atoms with van der Waals surface area (Å²) in [6, 6.07) is 9.53. The largest absolute Gasteiger partial charge is 0.497 e. The zero-order valence-electron chi connectivity index (χ0n) is 18.9. The van der Waals surface area contributed by atoms with Crippen molar-refractivity contribution < 1.29 is 23.5 Å². The van der Waals surface area contributed by atoms with Crippen molar-refractivity contribution in [3.63, 3.8) is 0 Å². The number of ether oxygens (including phenoxy) is 1. The summed E-state index contributed by atoms with van der Waals surface area (Å²) < 4.78 is 10.4. The topological polar surface area (TPSA) is 92.1 Å². The van der Waals surface area contributed by atoms with Crippen LogP contribution in [-0.2, 0) is 4.79 Å². The molecule has 1 aliphatic heterocycles. The molecule has 0 bridgehead atoms. The van der Waals surface area contributed by atoms with Gasteiger partial charge in [-0.25, -0.2) is 0 Å². The standard InChI is InChI=1S/C24H31N3O5/c1-4-26(5-2)24(30)21(25-22(28)18-8-6-9-19(16-18)31-3)17-11-13-27(14-12-17)23(29)20-10-7-15-32-20/h6-10,15-17,21H,4-5,11-14H2,1-3H3,(H,25,28)/t21-/m0/s1. The summed E-state index contributed by atoms with van der Waals surface area (Å²) >= 11 is 0. The summed E-state index contributed by atoms with van der Waals surface area (Å²) in [7, 11) is 1.54. The Labute approximate surface area is 188 Å². The number of nitrogens with zero attached hydrogens (tertiary/aromatic N) is 2. The van der Waals surface area contributed by atoms with Gasteiger partial charge in [0, 0.05) is 31.7 Å². The molecule has 1 aliphatic rings. The molecule has 1 fully saturated rings. The molecular weight excluding hydrogens is 410 g/mol. The molecule has 0 spiro atoms. The van der Waals surface area contributed by atoms with Crippen molar-refractivity contribution >= 4 is 17.7 Å². The number of piperidine rings is 1. The minimum absolute atomic E-state index is 0.0710. The zero-order valence-corrected chi connectivity index (χ0v) is 18.9. The smallest absolute Gasteiger partial charge is 0.289 e. The van der Waals surface area contributed by atoms with Crippen molar-refractivity contribution in [1.82, 2.24) is 15.1 Å². The number of carbonyl (C=O) groups excluding carboxylic acids is 3. The molecule has 1 atom stereocenters. The number of amides is 3. The summed E-state index contributed by atoms with van der Waals surface area (Å²) in [6.45, 7) is 5.98. The number of rotatable bonds is 8. The summed E-state index contributed by atoms with van der Waals surface area (Å²) in [5, 5.41) is 2.97. The molecule has 3 rings (SSSR count). The SMILES string of the molecule is CCN(CC)C(=O)[C@@H](NC(=O)c1cccc(OC)c1)C1CCN(C(=O)c2ccco2)CC1. The minimum atomic E-state index is -0.658. The number of carbonyl (C=O) groups is 3. The molecule has 1 aromatic carbocycles. The Balaban J connectivity index is 1.73. The van der Waals surface area contributed by atoms with Crippen molar-refractivity contribution in [1.29, 1.82) is 0 Å². The number of hydrogen-bond acceptors (Lipinski definition) is 5. The van der Waals surface area contributed by atoms with Crippen LogP contribution >= 0.6 is 0 Å². The molecule has 3 amide bonds. The van der Waals surface area contributed by atoms with E-state index in [2.05, 4.69) is 5.32 Å². The Morgan fingerprint density at radius 2 is 1.88 bits per heavy atom. The number of benzene rings is 1. The highest BCUT2D eigenvalue weighted by Gasteiger charge is 2.36. The number of furan rings is 1. The molecule has 32 heavy (non-hydrogen) atoms. The van der Waals surface area contributed by atoms with Gasteiger partial charge in [-0.1, -0.05) is 6.07 Å². The molecule has 1 saturated heterocycles. The van der Waals surface area contributed by atoms with E-state index in [1.54, 1.807) is 53.3 Å². The molecule has 8 heteroatoms. The van der Waals surface area contributed by atoms with Crippen LogP contribution in [0.3, 0.4) is 0 Å². The van der Waals surface area contributed by atoms with E-state index in [1.165, 1.54) is 6.26 Å². The fourth-order valence-corrected chi connectivity index (χ4v) is 4.09. The van der Waals surface area contributed by atoms with Gasteiger partial charge in [0.2, 0.25) is 5.91 Å². The van der Waals surface area contributed by atoms with Crippen molar-refractivity contribution in [3.05, 3.63) is 54.0 Å². The quantitative estimate of drug-likeness (QED) is 0.680. The molecular formula is C24H31N3O5. The normalized spacial score (nSPS) is 15.2. The molecule has 8 nitrogen and oxygen atoms in total. The van der Waals surface area contributed by atoms with E-state index < -0.39 is 6.04 Å². The van der Waals surface area contributed by atoms with Crippen LogP contribution in [0.2, 0.25) is 0 Å². The van der Waals surface area contributed by atoms with Crippen LogP contribution in [0.5, 0.6) is 5.75 Å². The van der Waals surface area contributed by atoms with Crippen molar-refractivity contribution in [3.8, 4) is 5.75 Å². The Bertz CT molecular complexity index is 915. The molecule has 0 saturated carbocycles. The molecule has 172 valence electrons. The van der Waals surface area contributed by atoms with Gasteiger partial charge in [0.25, 0.3) is 11.8 Å². The molecule has 0 aliphatic carbocycles. The Kier molecular flexibility index (Phi) is 7.92. The number of likely N-dealkylation sites (N-methyl/N-ethyl adjacent to an activating group) is 1. The first-order chi connectivity index (χ1) is 15.5. The molecule has 0 radical (unpaired) electrons. The fraction of sp³-hybridized carbons (Fsp3) is 0.458. The first-order valence-corrected chi connectivity index (χ1v) is 11.0. The van der Waals surface area contributed by atoms with Crippen LogP contribution in [0, 0.1) is 5.92 Å². The van der Waals surface area contributed by atoms with E-state index in [9.17, 15) is 14.4 Å². The van der Waals surface area contributed by atoms with Crippen LogP contribution in [-0.4, -0.2) is 66.9 Å². The average molecular weight is 442 g/mol. The van der Waals surface area contributed by atoms with Gasteiger partial charge in [-0.15, -0.1) is 0 Å². The van der Waals surface area contributed by atoms with Crippen LogP contribution in [0.1, 0.15) is 47.6 Å². The maximum absolute atomic E-state index is 13.3. The summed E-state index contributed by atoms with van der Waals surface area (Å²) in [5.41, 5.74) is 0.437. The molecule has 1 aromatic heterocycles. The minimum Gasteiger partial charge on any atom is -0.497 e. The highest BCUT2D eigenvalue weighted by atomic mass is 16.5. The number of hydrogen-bond donors (Lipinski definition) is 1. The van der Waals surface area contributed by atoms with E-state index in [0.717, 1.165) is 0 Å². The Hall–Kier alpha value is -3.29. The fourth-order valence-electron chi connectivity index (χ4n) is 4.09. The van der Waals surface area contributed by atoms with Gasteiger partial charge in [-0.05, 0) is 62.9 Å². The van der Waals surface area contributed by atoms with Gasteiger partial charge in [0.05, 0.1) is 13.4 Å². The molecule has 0 unspecified atom stereocenters. The van der Waals surface area contributed by atoms with Crippen molar-refractivity contribution in [2.45, 2.75) is 32.7 Å². The lowest BCUT2D eigenvalue weighted by atomic mass is 9.88.